The molecule has 5 rings (SSSR count). The Labute approximate surface area is 205 Å². The maximum absolute atomic E-state index is 14.9. The van der Waals surface area contributed by atoms with Crippen molar-refractivity contribution < 1.29 is 28.3 Å². The van der Waals surface area contributed by atoms with Crippen molar-refractivity contribution in [2.45, 2.75) is 32.5 Å². The molecule has 2 fully saturated rings. The Morgan fingerprint density at radius 2 is 2.03 bits per heavy atom. The summed E-state index contributed by atoms with van der Waals surface area (Å²) in [4.78, 5) is 18.0. The lowest BCUT2D eigenvalue weighted by Gasteiger charge is -2.36. The normalized spacial score (nSPS) is 20.4. The quantitative estimate of drug-likeness (QED) is 0.457. The fourth-order valence-electron chi connectivity index (χ4n) is 4.92. The topological polar surface area (TPSA) is 74.7 Å². The fraction of sp³-hybridized carbons (Fsp3) is 0.480. The summed E-state index contributed by atoms with van der Waals surface area (Å²) in [5, 5.41) is 10.00. The van der Waals surface area contributed by atoms with Crippen LogP contribution in [0.5, 0.6) is 5.75 Å². The largest absolute Gasteiger partial charge is 0.495 e. The first-order chi connectivity index (χ1) is 17.0. The molecule has 2 aromatic rings. The molecule has 3 aliphatic heterocycles. The highest BCUT2D eigenvalue weighted by molar-refractivity contribution is 6.62. The van der Waals surface area contributed by atoms with Gasteiger partial charge in [-0.05, 0) is 42.7 Å². The number of halogens is 1. The molecular formula is C25H31BFN3O5. The number of ether oxygens (including phenoxy) is 2. The molecular weight excluding hydrogens is 452 g/mol. The number of hydrogen-bond acceptors (Lipinski definition) is 7. The summed E-state index contributed by atoms with van der Waals surface area (Å²) >= 11 is 0. The van der Waals surface area contributed by atoms with Crippen LogP contribution >= 0.6 is 0 Å². The number of nitrogens with zero attached hydrogens (tertiary/aromatic N) is 3. The Morgan fingerprint density at radius 1 is 1.20 bits per heavy atom. The van der Waals surface area contributed by atoms with Crippen LogP contribution in [0.25, 0.3) is 0 Å². The molecule has 3 heterocycles. The highest BCUT2D eigenvalue weighted by atomic mass is 19.1. The Bertz CT molecular complexity index is 1070. The number of anilines is 2. The summed E-state index contributed by atoms with van der Waals surface area (Å²) < 4.78 is 31.4. The zero-order chi connectivity index (χ0) is 24.4. The van der Waals surface area contributed by atoms with Gasteiger partial charge in [-0.2, -0.15) is 0 Å². The minimum atomic E-state index is -0.916. The maximum Gasteiger partial charge on any atom is 0.495 e. The van der Waals surface area contributed by atoms with E-state index in [1.54, 1.807) is 12.1 Å². The lowest BCUT2D eigenvalue weighted by molar-refractivity contribution is 0.139. The van der Waals surface area contributed by atoms with Crippen LogP contribution in [0.2, 0.25) is 0 Å². The molecule has 0 aromatic heterocycles. The van der Waals surface area contributed by atoms with E-state index in [9.17, 15) is 14.2 Å². The molecule has 0 radical (unpaired) electrons. The third-order valence-corrected chi connectivity index (χ3v) is 6.96. The van der Waals surface area contributed by atoms with E-state index in [1.165, 1.54) is 11.0 Å². The third kappa shape index (κ3) is 5.10. The number of hydrogen-bond donors (Lipinski definition) is 1. The summed E-state index contributed by atoms with van der Waals surface area (Å²) in [5.41, 5.74) is 2.81. The van der Waals surface area contributed by atoms with Crippen molar-refractivity contribution in [1.29, 1.82) is 0 Å². The molecule has 186 valence electrons. The van der Waals surface area contributed by atoms with Gasteiger partial charge in [0.15, 0.2) is 0 Å². The predicted octanol–water partition coefficient (Wildman–Crippen LogP) is 2.37. The standard InChI is InChI=1S/C25H31BFN3O5/c1-2-20-16-30(25(31)35-20)19-7-8-22(21(27)15-19)29-12-10-28(11-13-29)9-4-14-33-23-6-3-5-18-17-34-26(32)24(18)23/h3,5-8,15,20,32H,2,4,9-14,16-17H2,1H3/t20-/m0/s1. The lowest BCUT2D eigenvalue weighted by Crippen LogP contribution is -2.47. The molecule has 0 aliphatic carbocycles. The van der Waals surface area contributed by atoms with Gasteiger partial charge in [0.25, 0.3) is 0 Å². The fourth-order valence-corrected chi connectivity index (χ4v) is 4.92. The average molecular weight is 483 g/mol. The number of cyclic esters (lactones) is 1. The van der Waals surface area contributed by atoms with Crippen molar-refractivity contribution in [2.75, 3.05) is 55.7 Å². The number of carbonyl (C=O) groups is 1. The van der Waals surface area contributed by atoms with Crippen molar-refractivity contribution in [3.8, 4) is 5.75 Å². The van der Waals surface area contributed by atoms with E-state index in [-0.39, 0.29) is 11.9 Å². The van der Waals surface area contributed by atoms with Crippen molar-refractivity contribution in [1.82, 2.24) is 4.90 Å². The van der Waals surface area contributed by atoms with E-state index >= 15 is 0 Å². The molecule has 2 saturated heterocycles. The number of benzene rings is 2. The van der Waals surface area contributed by atoms with Gasteiger partial charge in [0, 0.05) is 38.2 Å². The molecule has 0 unspecified atom stereocenters. The molecule has 10 heteroatoms. The first-order valence-corrected chi connectivity index (χ1v) is 12.3. The second kappa shape index (κ2) is 10.4. The van der Waals surface area contributed by atoms with Gasteiger partial charge >= 0.3 is 13.2 Å². The van der Waals surface area contributed by atoms with Crippen LogP contribution in [-0.2, 0) is 16.0 Å². The van der Waals surface area contributed by atoms with E-state index in [4.69, 9.17) is 14.1 Å². The summed E-state index contributed by atoms with van der Waals surface area (Å²) in [7, 11) is -0.916. The first kappa shape index (κ1) is 23.9. The van der Waals surface area contributed by atoms with E-state index in [1.807, 2.05) is 25.1 Å². The zero-order valence-electron chi connectivity index (χ0n) is 20.0. The monoisotopic (exact) mass is 483 g/mol. The van der Waals surface area contributed by atoms with Gasteiger partial charge in [0.05, 0.1) is 31.1 Å². The van der Waals surface area contributed by atoms with Crippen LogP contribution in [0, 0.1) is 5.82 Å². The smallest absolute Gasteiger partial charge is 0.494 e. The average Bonchev–Trinajstić information content (AvgIpc) is 3.45. The summed E-state index contributed by atoms with van der Waals surface area (Å²) in [6.07, 6.45) is 1.04. The van der Waals surface area contributed by atoms with Crippen molar-refractivity contribution in [2.24, 2.45) is 0 Å². The summed E-state index contributed by atoms with van der Waals surface area (Å²) in [6.45, 7) is 7.41. The van der Waals surface area contributed by atoms with Crippen molar-refractivity contribution in [3.05, 3.63) is 47.8 Å². The molecule has 35 heavy (non-hydrogen) atoms. The van der Waals surface area contributed by atoms with E-state index in [0.29, 0.717) is 36.9 Å². The minimum Gasteiger partial charge on any atom is -0.494 e. The van der Waals surface area contributed by atoms with Crippen LogP contribution in [0.3, 0.4) is 0 Å². The molecule has 1 atom stereocenters. The summed E-state index contributed by atoms with van der Waals surface area (Å²) in [5.74, 6) is 0.363. The molecule has 1 amide bonds. The van der Waals surface area contributed by atoms with Crippen LogP contribution in [0.15, 0.2) is 36.4 Å². The number of fused-ring (bicyclic) bond motifs is 1. The van der Waals surface area contributed by atoms with Crippen molar-refractivity contribution >= 4 is 30.0 Å². The van der Waals surface area contributed by atoms with Gasteiger partial charge < -0.3 is 24.1 Å². The molecule has 0 bridgehead atoms. The van der Waals surface area contributed by atoms with E-state index < -0.39 is 13.2 Å². The molecule has 3 aliphatic rings. The van der Waals surface area contributed by atoms with Crippen LogP contribution < -0.4 is 20.0 Å². The Hall–Kier alpha value is -2.82. The van der Waals surface area contributed by atoms with E-state index in [0.717, 1.165) is 56.6 Å². The molecule has 1 N–H and O–H groups in total. The van der Waals surface area contributed by atoms with Gasteiger partial charge in [-0.15, -0.1) is 0 Å². The van der Waals surface area contributed by atoms with Gasteiger partial charge in [0.2, 0.25) is 0 Å². The van der Waals surface area contributed by atoms with Crippen LogP contribution in [-0.4, -0.2) is 75.1 Å². The highest BCUT2D eigenvalue weighted by Gasteiger charge is 2.32. The van der Waals surface area contributed by atoms with Crippen LogP contribution in [0.1, 0.15) is 25.3 Å². The number of amides is 1. The SMILES string of the molecule is CC[C@H]1CN(c2ccc(N3CCN(CCCOc4cccc5c4B(O)OC5)CC3)c(F)c2)C(=O)O1. The Balaban J connectivity index is 1.08. The zero-order valence-corrected chi connectivity index (χ0v) is 20.0. The van der Waals surface area contributed by atoms with Crippen LogP contribution in [0.4, 0.5) is 20.6 Å². The summed E-state index contributed by atoms with van der Waals surface area (Å²) in [6, 6.07) is 10.7. The molecule has 8 nitrogen and oxygen atoms in total. The lowest BCUT2D eigenvalue weighted by atomic mass is 9.79. The minimum absolute atomic E-state index is 0.141. The molecule has 0 spiro atoms. The molecule has 2 aromatic carbocycles. The van der Waals surface area contributed by atoms with Gasteiger partial charge in [-0.25, -0.2) is 9.18 Å². The highest BCUT2D eigenvalue weighted by Crippen LogP contribution is 2.29. The second-order valence-corrected chi connectivity index (χ2v) is 9.18. The van der Waals surface area contributed by atoms with E-state index in [2.05, 4.69) is 9.80 Å². The van der Waals surface area contributed by atoms with Gasteiger partial charge in [-0.3, -0.25) is 9.80 Å². The number of carbonyl (C=O) groups excluding carboxylic acids is 1. The van der Waals surface area contributed by atoms with Crippen molar-refractivity contribution in [3.63, 3.8) is 0 Å². The van der Waals surface area contributed by atoms with Gasteiger partial charge in [0.1, 0.15) is 17.7 Å². The number of piperazine rings is 1. The molecule has 0 saturated carbocycles. The van der Waals surface area contributed by atoms with Gasteiger partial charge in [-0.1, -0.05) is 19.1 Å². The maximum atomic E-state index is 14.9. The second-order valence-electron chi connectivity index (χ2n) is 9.18. The Kier molecular flexibility index (Phi) is 7.13. The Morgan fingerprint density at radius 3 is 2.77 bits per heavy atom. The predicted molar refractivity (Wildman–Crippen MR) is 132 cm³/mol. The third-order valence-electron chi connectivity index (χ3n) is 6.96. The first-order valence-electron chi connectivity index (χ1n) is 12.3. The number of rotatable bonds is 8.